The van der Waals surface area contributed by atoms with Crippen LogP contribution in [0.1, 0.15) is 37.9 Å². The minimum absolute atomic E-state index is 0.0933. The normalized spacial score (nSPS) is 10.9. The number of fused-ring (bicyclic) bond motifs is 1. The number of para-hydroxylation sites is 1. The summed E-state index contributed by atoms with van der Waals surface area (Å²) < 4.78 is 0. The summed E-state index contributed by atoms with van der Waals surface area (Å²) in [4.78, 5) is 35.0. The smallest absolute Gasteiger partial charge is 0.262 e. The third kappa shape index (κ3) is 3.83. The molecule has 2 heterocycles. The number of nitrogens with zero attached hydrogens (tertiary/aromatic N) is 2. The number of thiophene rings is 1. The minimum atomic E-state index is -0.274. The number of hydrogen-bond donors (Lipinski definition) is 2. The first-order chi connectivity index (χ1) is 12.8. The molecule has 140 valence electrons. The Kier molecular flexibility index (Phi) is 5.23. The number of benzene rings is 1. The fourth-order valence-electron chi connectivity index (χ4n) is 3.13. The summed E-state index contributed by atoms with van der Waals surface area (Å²) >= 11 is 1.33. The molecule has 0 radical (unpaired) electrons. The monoisotopic (exact) mass is 382 g/mol. The average molecular weight is 382 g/mol. The lowest BCUT2D eigenvalue weighted by atomic mass is 10.1. The molecule has 3 aromatic rings. The van der Waals surface area contributed by atoms with Crippen molar-refractivity contribution in [1.82, 2.24) is 15.3 Å². The van der Waals surface area contributed by atoms with Crippen LogP contribution in [0.3, 0.4) is 0 Å². The molecule has 2 amide bonds. The van der Waals surface area contributed by atoms with Crippen LogP contribution in [0.15, 0.2) is 18.2 Å². The van der Waals surface area contributed by atoms with E-state index in [0.29, 0.717) is 10.7 Å². The summed E-state index contributed by atoms with van der Waals surface area (Å²) in [5.41, 5.74) is 4.47. The van der Waals surface area contributed by atoms with Crippen molar-refractivity contribution in [2.75, 3.05) is 11.9 Å². The van der Waals surface area contributed by atoms with Gasteiger partial charge in [-0.05, 0) is 51.3 Å². The molecule has 0 spiro atoms. The summed E-state index contributed by atoms with van der Waals surface area (Å²) in [6.45, 7) is 9.41. The largest absolute Gasteiger partial charge is 0.342 e. The predicted molar refractivity (Wildman–Crippen MR) is 109 cm³/mol. The van der Waals surface area contributed by atoms with Crippen molar-refractivity contribution in [3.8, 4) is 0 Å². The first-order valence-corrected chi connectivity index (χ1v) is 9.48. The maximum Gasteiger partial charge on any atom is 0.262 e. The maximum atomic E-state index is 12.6. The molecule has 0 aliphatic rings. The van der Waals surface area contributed by atoms with Crippen LogP contribution >= 0.6 is 11.3 Å². The van der Waals surface area contributed by atoms with Crippen molar-refractivity contribution in [3.63, 3.8) is 0 Å². The lowest BCUT2D eigenvalue weighted by Gasteiger charge is -2.11. The lowest BCUT2D eigenvalue weighted by Crippen LogP contribution is -2.33. The van der Waals surface area contributed by atoms with Crippen LogP contribution in [-0.2, 0) is 4.79 Å². The maximum absolute atomic E-state index is 12.6. The lowest BCUT2D eigenvalue weighted by molar-refractivity contribution is -0.115. The first-order valence-electron chi connectivity index (χ1n) is 8.66. The second-order valence-electron chi connectivity index (χ2n) is 6.59. The summed E-state index contributed by atoms with van der Waals surface area (Å²) in [6.07, 6.45) is 0. The average Bonchev–Trinajstić information content (AvgIpc) is 2.93. The number of anilines is 1. The predicted octanol–water partition coefficient (Wildman–Crippen LogP) is 3.60. The molecule has 27 heavy (non-hydrogen) atoms. The Hall–Kier alpha value is -2.80. The summed E-state index contributed by atoms with van der Waals surface area (Å²) in [6, 6.07) is 5.82. The van der Waals surface area contributed by atoms with Gasteiger partial charge in [-0.15, -0.1) is 11.3 Å². The van der Waals surface area contributed by atoms with E-state index in [-0.39, 0.29) is 18.4 Å². The van der Waals surface area contributed by atoms with E-state index in [4.69, 9.17) is 0 Å². The van der Waals surface area contributed by atoms with Gasteiger partial charge in [-0.3, -0.25) is 9.59 Å². The molecule has 7 heteroatoms. The van der Waals surface area contributed by atoms with Crippen molar-refractivity contribution in [2.45, 2.75) is 34.6 Å². The highest BCUT2D eigenvalue weighted by Crippen LogP contribution is 2.31. The zero-order valence-corrected chi connectivity index (χ0v) is 16.9. The molecule has 0 saturated heterocycles. The van der Waals surface area contributed by atoms with E-state index in [2.05, 4.69) is 20.6 Å². The second-order valence-corrected chi connectivity index (χ2v) is 7.59. The molecule has 2 aromatic heterocycles. The third-order valence-corrected chi connectivity index (χ3v) is 5.63. The van der Waals surface area contributed by atoms with Crippen LogP contribution in [-0.4, -0.2) is 28.3 Å². The SMILES string of the molecule is Cc1nc(C)c2c(C)c(C(=O)NCC(=O)Nc3c(C)cccc3C)sc2n1. The molecule has 3 rings (SSSR count). The van der Waals surface area contributed by atoms with Crippen molar-refractivity contribution in [1.29, 1.82) is 0 Å². The molecule has 0 saturated carbocycles. The molecule has 0 fully saturated rings. The van der Waals surface area contributed by atoms with Gasteiger partial charge in [0.1, 0.15) is 10.7 Å². The van der Waals surface area contributed by atoms with E-state index < -0.39 is 0 Å². The number of rotatable bonds is 4. The quantitative estimate of drug-likeness (QED) is 0.722. The van der Waals surface area contributed by atoms with E-state index in [1.54, 1.807) is 0 Å². The number of hydrogen-bond acceptors (Lipinski definition) is 5. The van der Waals surface area contributed by atoms with E-state index in [1.165, 1.54) is 11.3 Å². The van der Waals surface area contributed by atoms with Crippen LogP contribution < -0.4 is 10.6 Å². The molecule has 0 aliphatic heterocycles. The van der Waals surface area contributed by atoms with Gasteiger partial charge in [0.15, 0.2) is 0 Å². The Labute approximate surface area is 162 Å². The highest BCUT2D eigenvalue weighted by molar-refractivity contribution is 7.20. The van der Waals surface area contributed by atoms with Crippen molar-refractivity contribution in [3.05, 3.63) is 51.3 Å². The number of amides is 2. The molecule has 0 aliphatic carbocycles. The van der Waals surface area contributed by atoms with Gasteiger partial charge >= 0.3 is 0 Å². The number of aryl methyl sites for hydroxylation is 5. The molecule has 0 unspecified atom stereocenters. The van der Waals surface area contributed by atoms with E-state index in [9.17, 15) is 9.59 Å². The van der Waals surface area contributed by atoms with Crippen molar-refractivity contribution < 1.29 is 9.59 Å². The zero-order valence-electron chi connectivity index (χ0n) is 16.1. The summed E-state index contributed by atoms with van der Waals surface area (Å²) in [5, 5.41) is 6.49. The van der Waals surface area contributed by atoms with Gasteiger partial charge in [0.05, 0.1) is 11.4 Å². The fraction of sp³-hybridized carbons (Fsp3) is 0.300. The van der Waals surface area contributed by atoms with Crippen molar-refractivity contribution >= 4 is 39.1 Å². The molecule has 0 atom stereocenters. The van der Waals surface area contributed by atoms with Crippen LogP contribution in [0.25, 0.3) is 10.2 Å². The third-order valence-electron chi connectivity index (χ3n) is 4.44. The number of carbonyl (C=O) groups is 2. The van der Waals surface area contributed by atoms with Crippen LogP contribution in [0.4, 0.5) is 5.69 Å². The molecule has 2 N–H and O–H groups in total. The highest BCUT2D eigenvalue weighted by Gasteiger charge is 2.19. The molecule has 6 nitrogen and oxygen atoms in total. The summed E-state index contributed by atoms with van der Waals surface area (Å²) in [7, 11) is 0. The van der Waals surface area contributed by atoms with Gasteiger partial charge < -0.3 is 10.6 Å². The zero-order chi connectivity index (χ0) is 19.7. The van der Waals surface area contributed by atoms with Gasteiger partial charge in [-0.1, -0.05) is 18.2 Å². The first kappa shape index (κ1) is 19.0. The van der Waals surface area contributed by atoms with Crippen molar-refractivity contribution in [2.24, 2.45) is 0 Å². The standard InChI is InChI=1S/C20H22N4O2S/c1-10-7-6-8-11(2)17(10)24-15(25)9-21-19(26)18-12(3)16-13(4)22-14(5)23-20(16)27-18/h6-8H,9H2,1-5H3,(H,21,26)(H,24,25). The molecular weight excluding hydrogens is 360 g/mol. The van der Waals surface area contributed by atoms with Gasteiger partial charge in [-0.25, -0.2) is 9.97 Å². The Morgan fingerprint density at radius 2 is 1.70 bits per heavy atom. The Morgan fingerprint density at radius 1 is 1.04 bits per heavy atom. The number of nitrogens with one attached hydrogen (secondary N) is 2. The Morgan fingerprint density at radius 3 is 2.37 bits per heavy atom. The topological polar surface area (TPSA) is 84.0 Å². The van der Waals surface area contributed by atoms with Crippen LogP contribution in [0.5, 0.6) is 0 Å². The van der Waals surface area contributed by atoms with E-state index >= 15 is 0 Å². The summed E-state index contributed by atoms with van der Waals surface area (Å²) in [5.74, 6) is 0.150. The van der Waals surface area contributed by atoms with Gasteiger partial charge in [0.2, 0.25) is 5.91 Å². The van der Waals surface area contributed by atoms with Gasteiger partial charge in [0.25, 0.3) is 5.91 Å². The molecular formula is C20H22N4O2S. The number of carbonyl (C=O) groups excluding carboxylic acids is 2. The van der Waals surface area contributed by atoms with Gasteiger partial charge in [-0.2, -0.15) is 0 Å². The van der Waals surface area contributed by atoms with Crippen LogP contribution in [0, 0.1) is 34.6 Å². The Bertz CT molecular complexity index is 1040. The van der Waals surface area contributed by atoms with Crippen LogP contribution in [0.2, 0.25) is 0 Å². The molecule has 1 aromatic carbocycles. The Balaban J connectivity index is 1.73. The fourth-order valence-corrected chi connectivity index (χ4v) is 4.32. The van der Waals surface area contributed by atoms with E-state index in [0.717, 1.165) is 38.3 Å². The number of aromatic nitrogens is 2. The van der Waals surface area contributed by atoms with Gasteiger partial charge in [0, 0.05) is 16.8 Å². The second kappa shape index (κ2) is 7.44. The molecule has 0 bridgehead atoms. The van der Waals surface area contributed by atoms with E-state index in [1.807, 2.05) is 52.8 Å². The minimum Gasteiger partial charge on any atom is -0.342 e. The highest BCUT2D eigenvalue weighted by atomic mass is 32.1.